The van der Waals surface area contributed by atoms with Crippen molar-refractivity contribution in [2.24, 2.45) is 5.73 Å². The number of allylic oxidation sites excluding steroid dienone is 14. The first kappa shape index (κ1) is 53.7. The normalized spacial score (nSPS) is 14.3. The molecular formula is C47H82NO7P. The van der Waals surface area contributed by atoms with Gasteiger partial charge >= 0.3 is 13.8 Å². The van der Waals surface area contributed by atoms with Crippen LogP contribution in [0, 0.1) is 0 Å². The summed E-state index contributed by atoms with van der Waals surface area (Å²) in [4.78, 5) is 22.5. The summed E-state index contributed by atoms with van der Waals surface area (Å²) in [5.74, 6) is -0.367. The number of unbranched alkanes of at least 4 members (excludes halogenated alkanes) is 14. The van der Waals surface area contributed by atoms with Gasteiger partial charge in [-0.25, -0.2) is 4.57 Å². The van der Waals surface area contributed by atoms with Gasteiger partial charge in [-0.05, 0) is 89.9 Å². The van der Waals surface area contributed by atoms with E-state index in [0.717, 1.165) is 70.6 Å². The molecule has 2 unspecified atom stereocenters. The van der Waals surface area contributed by atoms with Crippen LogP contribution in [0.4, 0.5) is 0 Å². The highest BCUT2D eigenvalue weighted by Gasteiger charge is 2.25. The topological polar surface area (TPSA) is 117 Å². The van der Waals surface area contributed by atoms with Crippen LogP contribution >= 0.6 is 7.82 Å². The number of nitrogens with two attached hydrogens (primary N) is 1. The van der Waals surface area contributed by atoms with Crippen molar-refractivity contribution in [3.63, 3.8) is 0 Å². The summed E-state index contributed by atoms with van der Waals surface area (Å²) in [5, 5.41) is 0. The largest absolute Gasteiger partial charge is 0.472 e. The highest BCUT2D eigenvalue weighted by molar-refractivity contribution is 7.47. The molecule has 322 valence electrons. The lowest BCUT2D eigenvalue weighted by Gasteiger charge is -2.20. The van der Waals surface area contributed by atoms with Gasteiger partial charge in [-0.3, -0.25) is 13.8 Å². The number of rotatable bonds is 41. The smallest absolute Gasteiger partial charge is 0.457 e. The van der Waals surface area contributed by atoms with Gasteiger partial charge in [-0.15, -0.1) is 0 Å². The second-order valence-electron chi connectivity index (χ2n) is 14.2. The standard InChI is InChI=1S/C47H82NO7P/c1-3-5-7-9-11-13-15-17-19-21-23-24-26-28-30-32-34-36-38-40-47(49)55-46(45-54-56(50,51)53-43-41-48)44-52-42-39-37-35-33-31-29-27-25-22-20-18-16-14-12-10-8-6-4-2/h5,7,11-14,17-20,23-24,28,30,46H,3-4,6,8-10,15-16,21-22,25-27,29,31-45,48H2,1-2H3,(H,50,51)/b7-5-,13-11-,14-12-,19-17-,20-18-,24-23-,30-28-. The first-order chi connectivity index (χ1) is 27.4. The van der Waals surface area contributed by atoms with E-state index >= 15 is 0 Å². The third kappa shape index (κ3) is 42.8. The summed E-state index contributed by atoms with van der Waals surface area (Å²) >= 11 is 0. The summed E-state index contributed by atoms with van der Waals surface area (Å²) < 4.78 is 33.4. The molecule has 0 heterocycles. The average molecular weight is 804 g/mol. The van der Waals surface area contributed by atoms with Crippen LogP contribution in [0.2, 0.25) is 0 Å². The lowest BCUT2D eigenvalue weighted by Crippen LogP contribution is -2.28. The molecule has 0 aliphatic heterocycles. The van der Waals surface area contributed by atoms with E-state index in [1.165, 1.54) is 70.6 Å². The second kappa shape index (κ2) is 43.8. The van der Waals surface area contributed by atoms with Gasteiger partial charge in [0.1, 0.15) is 6.10 Å². The lowest BCUT2D eigenvalue weighted by molar-refractivity contribution is -0.154. The molecule has 0 aromatic heterocycles. The monoisotopic (exact) mass is 804 g/mol. The Balaban J connectivity index is 4.13. The molecule has 0 saturated heterocycles. The molecule has 9 heteroatoms. The molecule has 56 heavy (non-hydrogen) atoms. The number of phosphoric ester groups is 1. The van der Waals surface area contributed by atoms with Gasteiger partial charge in [-0.2, -0.15) is 0 Å². The van der Waals surface area contributed by atoms with Crippen LogP contribution in [-0.2, 0) is 27.9 Å². The van der Waals surface area contributed by atoms with Crippen molar-refractivity contribution in [2.75, 3.05) is 33.0 Å². The fourth-order valence-electron chi connectivity index (χ4n) is 5.58. The molecule has 0 radical (unpaired) electrons. The quantitative estimate of drug-likeness (QED) is 0.0272. The van der Waals surface area contributed by atoms with Crippen LogP contribution in [-0.4, -0.2) is 49.9 Å². The van der Waals surface area contributed by atoms with Gasteiger partial charge in [-0.1, -0.05) is 157 Å². The fourth-order valence-corrected chi connectivity index (χ4v) is 6.35. The third-order valence-electron chi connectivity index (χ3n) is 8.80. The van der Waals surface area contributed by atoms with E-state index < -0.39 is 13.9 Å². The highest BCUT2D eigenvalue weighted by Crippen LogP contribution is 2.43. The molecule has 0 aromatic rings. The predicted molar refractivity (Wildman–Crippen MR) is 238 cm³/mol. The zero-order chi connectivity index (χ0) is 40.9. The van der Waals surface area contributed by atoms with E-state index in [0.29, 0.717) is 13.0 Å². The molecular weight excluding hydrogens is 721 g/mol. The summed E-state index contributed by atoms with van der Waals surface area (Å²) in [6, 6.07) is 0. The number of hydrogen-bond acceptors (Lipinski definition) is 7. The first-order valence-corrected chi connectivity index (χ1v) is 23.6. The van der Waals surface area contributed by atoms with Gasteiger partial charge in [0.2, 0.25) is 0 Å². The Morgan fingerprint density at radius 1 is 0.554 bits per heavy atom. The van der Waals surface area contributed by atoms with Crippen molar-refractivity contribution < 1.29 is 32.8 Å². The summed E-state index contributed by atoms with van der Waals surface area (Å²) in [5.41, 5.74) is 5.37. The number of phosphoric acid groups is 1. The van der Waals surface area contributed by atoms with Gasteiger partial charge in [0.25, 0.3) is 0 Å². The molecule has 0 aliphatic carbocycles. The lowest BCUT2D eigenvalue weighted by atomic mass is 10.1. The van der Waals surface area contributed by atoms with Gasteiger partial charge in [0, 0.05) is 19.6 Å². The van der Waals surface area contributed by atoms with Crippen molar-refractivity contribution >= 4 is 13.8 Å². The molecule has 2 atom stereocenters. The van der Waals surface area contributed by atoms with Crippen molar-refractivity contribution in [2.45, 2.75) is 174 Å². The van der Waals surface area contributed by atoms with E-state index in [2.05, 4.69) is 98.9 Å². The molecule has 0 saturated carbocycles. The summed E-state index contributed by atoms with van der Waals surface area (Å²) in [6.45, 7) is 4.70. The first-order valence-electron chi connectivity index (χ1n) is 22.1. The van der Waals surface area contributed by atoms with E-state index in [-0.39, 0.29) is 38.8 Å². The van der Waals surface area contributed by atoms with Crippen LogP contribution in [0.5, 0.6) is 0 Å². The van der Waals surface area contributed by atoms with Crippen LogP contribution < -0.4 is 5.73 Å². The molecule has 0 aliphatic rings. The minimum absolute atomic E-state index is 0.0890. The van der Waals surface area contributed by atoms with Crippen molar-refractivity contribution in [1.82, 2.24) is 0 Å². The zero-order valence-corrected chi connectivity index (χ0v) is 36.5. The minimum Gasteiger partial charge on any atom is -0.457 e. The van der Waals surface area contributed by atoms with Crippen LogP contribution in [0.3, 0.4) is 0 Å². The van der Waals surface area contributed by atoms with E-state index in [1.807, 2.05) is 0 Å². The van der Waals surface area contributed by atoms with Crippen LogP contribution in [0.15, 0.2) is 85.1 Å². The van der Waals surface area contributed by atoms with E-state index in [4.69, 9.17) is 24.3 Å². The molecule has 0 spiro atoms. The maximum Gasteiger partial charge on any atom is 0.472 e. The number of ether oxygens (including phenoxy) is 2. The Labute approximate surface area is 343 Å². The zero-order valence-electron chi connectivity index (χ0n) is 35.6. The number of carbonyl (C=O) groups is 1. The SMILES string of the molecule is CC/C=C\C/C=C\C/C=C\C/C=C\C/C=C\CCCCCC(=O)OC(COCCCCCCCCCC/C=C\C/C=C\CCCCC)COP(=O)(O)OCCN. The van der Waals surface area contributed by atoms with Gasteiger partial charge in [0.05, 0.1) is 19.8 Å². The van der Waals surface area contributed by atoms with Crippen LogP contribution in [0.1, 0.15) is 168 Å². The average Bonchev–Trinajstić information content (AvgIpc) is 3.19. The molecule has 3 N–H and O–H groups in total. The minimum atomic E-state index is -4.29. The Hall–Kier alpha value is -2.32. The van der Waals surface area contributed by atoms with Crippen LogP contribution in [0.25, 0.3) is 0 Å². The number of carbonyl (C=O) groups excluding carboxylic acids is 1. The van der Waals surface area contributed by atoms with Crippen molar-refractivity contribution in [3.05, 3.63) is 85.1 Å². The maximum atomic E-state index is 12.6. The Kier molecular flexibility index (Phi) is 42.0. The van der Waals surface area contributed by atoms with E-state index in [9.17, 15) is 14.3 Å². The Bertz CT molecular complexity index is 1130. The predicted octanol–water partition coefficient (Wildman–Crippen LogP) is 13.3. The van der Waals surface area contributed by atoms with E-state index in [1.54, 1.807) is 0 Å². The summed E-state index contributed by atoms with van der Waals surface area (Å²) in [7, 11) is -4.29. The Morgan fingerprint density at radius 2 is 1.00 bits per heavy atom. The molecule has 0 fully saturated rings. The second-order valence-corrected chi connectivity index (χ2v) is 15.6. The molecule has 0 rings (SSSR count). The number of esters is 1. The third-order valence-corrected chi connectivity index (χ3v) is 9.78. The summed E-state index contributed by atoms with van der Waals surface area (Å²) in [6.07, 6.45) is 56.0. The molecule has 0 amide bonds. The number of hydrogen-bond donors (Lipinski definition) is 2. The van der Waals surface area contributed by atoms with Crippen molar-refractivity contribution in [1.29, 1.82) is 0 Å². The van der Waals surface area contributed by atoms with Gasteiger partial charge in [0.15, 0.2) is 0 Å². The van der Waals surface area contributed by atoms with Crippen molar-refractivity contribution in [3.8, 4) is 0 Å². The molecule has 0 bridgehead atoms. The maximum absolute atomic E-state index is 12.6. The fraction of sp³-hybridized carbons (Fsp3) is 0.681. The molecule has 0 aromatic carbocycles. The van der Waals surface area contributed by atoms with Gasteiger partial charge < -0.3 is 20.1 Å². The molecule has 8 nitrogen and oxygen atoms in total. The Morgan fingerprint density at radius 3 is 1.50 bits per heavy atom. The highest BCUT2D eigenvalue weighted by atomic mass is 31.2.